The summed E-state index contributed by atoms with van der Waals surface area (Å²) in [6.07, 6.45) is 6.87. The van der Waals surface area contributed by atoms with E-state index in [9.17, 15) is 9.59 Å². The van der Waals surface area contributed by atoms with Gasteiger partial charge < -0.3 is 23.4 Å². The summed E-state index contributed by atoms with van der Waals surface area (Å²) in [5.41, 5.74) is 1.77. The molecule has 2 aromatic heterocycles. The molecule has 4 aromatic rings. The Morgan fingerprint density at radius 1 is 0.783 bits per heavy atom. The van der Waals surface area contributed by atoms with E-state index in [1.807, 2.05) is 36.4 Å². The fourth-order valence-corrected chi connectivity index (χ4v) is 6.43. The second kappa shape index (κ2) is 15.8. The molecule has 2 unspecified atom stereocenters. The number of aromatic nitrogens is 2. The van der Waals surface area contributed by atoms with Crippen molar-refractivity contribution < 1.29 is 23.4 Å². The lowest BCUT2D eigenvalue weighted by Crippen LogP contribution is -2.40. The zero-order valence-corrected chi connectivity index (χ0v) is 27.4. The van der Waals surface area contributed by atoms with Gasteiger partial charge in [-0.15, -0.1) is 0 Å². The quantitative estimate of drug-likeness (QED) is 0.139. The Kier molecular flexibility index (Phi) is 11.3. The number of rotatable bonds is 13. The minimum absolute atomic E-state index is 0.199. The summed E-state index contributed by atoms with van der Waals surface area (Å²) in [7, 11) is 0. The van der Waals surface area contributed by atoms with Gasteiger partial charge in [0.05, 0.1) is 13.2 Å². The molecule has 46 heavy (non-hydrogen) atoms. The second-order valence-corrected chi connectivity index (χ2v) is 12.7. The predicted molar refractivity (Wildman–Crippen MR) is 178 cm³/mol. The van der Waals surface area contributed by atoms with E-state index in [2.05, 4.69) is 0 Å². The van der Waals surface area contributed by atoms with Crippen molar-refractivity contribution in [3.05, 3.63) is 90.5 Å². The summed E-state index contributed by atoms with van der Waals surface area (Å²) >= 11 is 12.6. The van der Waals surface area contributed by atoms with Gasteiger partial charge >= 0.3 is 5.69 Å². The minimum Gasteiger partial charge on any atom is -0.439 e. The van der Waals surface area contributed by atoms with Crippen LogP contribution in [0.15, 0.2) is 62.5 Å². The fourth-order valence-electron chi connectivity index (χ4n) is 6.11. The molecule has 11 heteroatoms. The standard InChI is InChI=1S/C35H40Cl2N2O7/c36-26-14-12-24(13-15-26)22-28-31-33(40)38(16-6-20-44-29-10-1-3-18-42-29)35(41)39(17-7-21-45-30-11-2-4-19-43-30)34(31)46-32(28)25-8-5-9-27(37)23-25/h5,8-9,12-15,23,29-30H,1-4,6-7,10-11,16-22H2. The summed E-state index contributed by atoms with van der Waals surface area (Å²) in [4.78, 5) is 28.2. The monoisotopic (exact) mass is 670 g/mol. The molecule has 0 spiro atoms. The molecule has 0 N–H and O–H groups in total. The van der Waals surface area contributed by atoms with Gasteiger partial charge in [-0.05, 0) is 81.2 Å². The van der Waals surface area contributed by atoms with Crippen LogP contribution in [0.2, 0.25) is 10.0 Å². The normalized spacial score (nSPS) is 18.7. The van der Waals surface area contributed by atoms with Crippen molar-refractivity contribution in [3.63, 3.8) is 0 Å². The smallest absolute Gasteiger partial charge is 0.333 e. The first-order valence-electron chi connectivity index (χ1n) is 16.2. The Bertz CT molecular complexity index is 1720. The van der Waals surface area contributed by atoms with Gasteiger partial charge in [0.2, 0.25) is 5.71 Å². The van der Waals surface area contributed by atoms with Crippen LogP contribution in [-0.2, 0) is 38.5 Å². The van der Waals surface area contributed by atoms with Crippen molar-refractivity contribution in [1.82, 2.24) is 9.13 Å². The number of hydrogen-bond acceptors (Lipinski definition) is 7. The average Bonchev–Trinajstić information content (AvgIpc) is 3.45. The van der Waals surface area contributed by atoms with Crippen molar-refractivity contribution in [3.8, 4) is 11.3 Å². The van der Waals surface area contributed by atoms with Gasteiger partial charge in [0.1, 0.15) is 11.1 Å². The lowest BCUT2D eigenvalue weighted by Gasteiger charge is -2.23. The summed E-state index contributed by atoms with van der Waals surface area (Å²) in [6.45, 7) is 2.67. The largest absolute Gasteiger partial charge is 0.439 e. The lowest BCUT2D eigenvalue weighted by molar-refractivity contribution is -0.163. The Labute approximate surface area is 277 Å². The Morgan fingerprint density at radius 3 is 2.04 bits per heavy atom. The Balaban J connectivity index is 1.37. The van der Waals surface area contributed by atoms with Gasteiger partial charge in [-0.25, -0.2) is 4.79 Å². The van der Waals surface area contributed by atoms with Crippen LogP contribution in [0.3, 0.4) is 0 Å². The first-order chi connectivity index (χ1) is 22.5. The second-order valence-electron chi connectivity index (χ2n) is 11.8. The van der Waals surface area contributed by atoms with Gasteiger partial charge in [-0.2, -0.15) is 0 Å². The number of benzene rings is 2. The van der Waals surface area contributed by atoms with Crippen LogP contribution in [0, 0.1) is 0 Å². The molecule has 0 bridgehead atoms. The van der Waals surface area contributed by atoms with Crippen LogP contribution in [0.5, 0.6) is 0 Å². The van der Waals surface area contributed by atoms with E-state index in [1.165, 1.54) is 4.57 Å². The number of ether oxygens (including phenoxy) is 4. The van der Waals surface area contributed by atoms with Crippen molar-refractivity contribution >= 4 is 34.3 Å². The third kappa shape index (κ3) is 7.95. The zero-order valence-electron chi connectivity index (χ0n) is 25.9. The highest BCUT2D eigenvalue weighted by atomic mass is 35.5. The van der Waals surface area contributed by atoms with Crippen molar-refractivity contribution in [2.75, 3.05) is 26.4 Å². The van der Waals surface area contributed by atoms with Crippen molar-refractivity contribution in [1.29, 1.82) is 0 Å². The van der Waals surface area contributed by atoms with E-state index in [0.29, 0.717) is 79.0 Å². The minimum atomic E-state index is -0.426. The molecule has 0 saturated carbocycles. The van der Waals surface area contributed by atoms with Crippen LogP contribution in [-0.4, -0.2) is 48.1 Å². The van der Waals surface area contributed by atoms with E-state index < -0.39 is 11.2 Å². The third-order valence-corrected chi connectivity index (χ3v) is 8.96. The molecule has 2 aliphatic rings. The maximum absolute atomic E-state index is 14.2. The van der Waals surface area contributed by atoms with Gasteiger partial charge in [0, 0.05) is 53.9 Å². The lowest BCUT2D eigenvalue weighted by atomic mass is 9.99. The van der Waals surface area contributed by atoms with Crippen molar-refractivity contribution in [2.45, 2.75) is 83.5 Å². The van der Waals surface area contributed by atoms with E-state index in [4.69, 9.17) is 46.6 Å². The summed E-state index contributed by atoms with van der Waals surface area (Å²) in [6, 6.07) is 14.8. The Hall–Kier alpha value is -2.92. The number of halogens is 2. The molecule has 2 aliphatic heterocycles. The number of furan rings is 1. The van der Waals surface area contributed by atoms with E-state index in [-0.39, 0.29) is 24.8 Å². The molecule has 2 aromatic carbocycles. The third-order valence-electron chi connectivity index (χ3n) is 8.47. The van der Waals surface area contributed by atoms with Gasteiger partial charge in [-0.1, -0.05) is 47.5 Å². The van der Waals surface area contributed by atoms with Crippen LogP contribution in [0.4, 0.5) is 0 Å². The molecule has 4 heterocycles. The van der Waals surface area contributed by atoms with Crippen LogP contribution in [0.25, 0.3) is 22.4 Å². The molecule has 2 atom stereocenters. The van der Waals surface area contributed by atoms with E-state index in [0.717, 1.165) is 49.7 Å². The van der Waals surface area contributed by atoms with Crippen LogP contribution in [0.1, 0.15) is 62.5 Å². The number of aryl methyl sites for hydroxylation is 1. The molecule has 9 nitrogen and oxygen atoms in total. The molecule has 0 amide bonds. The predicted octanol–water partition coefficient (Wildman–Crippen LogP) is 7.19. The Morgan fingerprint density at radius 2 is 1.43 bits per heavy atom. The molecular weight excluding hydrogens is 631 g/mol. The van der Waals surface area contributed by atoms with Crippen LogP contribution >= 0.6 is 23.2 Å². The number of fused-ring (bicyclic) bond motifs is 1. The fraction of sp³-hybridized carbons (Fsp3) is 0.486. The summed E-state index contributed by atoms with van der Waals surface area (Å²) < 4.78 is 32.6. The summed E-state index contributed by atoms with van der Waals surface area (Å²) in [5, 5.41) is 1.53. The molecule has 0 radical (unpaired) electrons. The average molecular weight is 672 g/mol. The first kappa shape index (κ1) is 33.0. The molecule has 246 valence electrons. The maximum Gasteiger partial charge on any atom is 0.333 e. The molecule has 2 fully saturated rings. The van der Waals surface area contributed by atoms with Gasteiger partial charge in [0.15, 0.2) is 12.6 Å². The number of nitrogens with zero attached hydrogens (tertiary/aromatic N) is 2. The highest BCUT2D eigenvalue weighted by molar-refractivity contribution is 6.31. The maximum atomic E-state index is 14.2. The van der Waals surface area contributed by atoms with Crippen molar-refractivity contribution in [2.24, 2.45) is 0 Å². The van der Waals surface area contributed by atoms with E-state index >= 15 is 0 Å². The highest BCUT2D eigenvalue weighted by Gasteiger charge is 2.25. The van der Waals surface area contributed by atoms with Gasteiger partial charge in [-0.3, -0.25) is 13.9 Å². The molecule has 6 rings (SSSR count). The number of hydrogen-bond donors (Lipinski definition) is 0. The van der Waals surface area contributed by atoms with Gasteiger partial charge in [0.25, 0.3) is 5.56 Å². The summed E-state index contributed by atoms with van der Waals surface area (Å²) in [5.74, 6) is 0.500. The SMILES string of the molecule is O=c1c2c(Cc3ccc(Cl)cc3)c(-c3cccc(Cl)c3)oc2n(CCCOC2CCCCO2)c(=O)n1CCCOC1CCCCO1. The molecule has 2 saturated heterocycles. The topological polar surface area (TPSA) is 94.1 Å². The highest BCUT2D eigenvalue weighted by Crippen LogP contribution is 2.35. The molecular formula is C35H40Cl2N2O7. The first-order valence-corrected chi connectivity index (χ1v) is 17.0. The molecule has 0 aliphatic carbocycles. The zero-order chi connectivity index (χ0) is 31.9. The van der Waals surface area contributed by atoms with Crippen LogP contribution < -0.4 is 11.2 Å². The van der Waals surface area contributed by atoms with E-state index in [1.54, 1.807) is 16.7 Å².